The third-order valence-electron chi connectivity index (χ3n) is 5.75. The highest BCUT2D eigenvalue weighted by Gasteiger charge is 2.36. The van der Waals surface area contributed by atoms with Crippen LogP contribution in [0.2, 0.25) is 10.0 Å². The molecule has 2 atom stereocenters. The van der Waals surface area contributed by atoms with Crippen molar-refractivity contribution in [2.24, 2.45) is 11.8 Å². The summed E-state index contributed by atoms with van der Waals surface area (Å²) in [6.45, 7) is 6.78. The molecule has 2 saturated heterocycles. The Balaban J connectivity index is 1.36. The van der Waals surface area contributed by atoms with Gasteiger partial charge in [-0.3, -0.25) is 0 Å². The zero-order chi connectivity index (χ0) is 20.0. The fourth-order valence-corrected chi connectivity index (χ4v) is 6.10. The van der Waals surface area contributed by atoms with Crippen LogP contribution in [0.15, 0.2) is 36.4 Å². The number of piperidine rings is 2. The van der Waals surface area contributed by atoms with Crippen molar-refractivity contribution < 1.29 is 4.74 Å². The Hall–Kier alpha value is -1.69. The van der Waals surface area contributed by atoms with E-state index in [1.165, 1.54) is 6.42 Å². The van der Waals surface area contributed by atoms with Crippen LogP contribution in [0.3, 0.4) is 0 Å². The maximum Gasteiger partial charge on any atom is 0.186 e. The molecule has 0 radical (unpaired) electrons. The van der Waals surface area contributed by atoms with E-state index in [0.29, 0.717) is 18.4 Å². The highest BCUT2D eigenvalue weighted by molar-refractivity contribution is 7.22. The van der Waals surface area contributed by atoms with Crippen LogP contribution < -0.4 is 14.5 Å². The van der Waals surface area contributed by atoms with Gasteiger partial charge in [0, 0.05) is 36.2 Å². The molecule has 152 valence electrons. The number of rotatable bonds is 4. The molecule has 29 heavy (non-hydrogen) atoms. The van der Waals surface area contributed by atoms with Gasteiger partial charge in [0.15, 0.2) is 5.13 Å². The van der Waals surface area contributed by atoms with Gasteiger partial charge in [0.05, 0.1) is 22.5 Å². The molecule has 0 spiro atoms. The second kappa shape index (κ2) is 7.86. The molecule has 2 unspecified atom stereocenters. The lowest BCUT2D eigenvalue weighted by Gasteiger charge is -2.46. The Labute approximate surface area is 185 Å². The van der Waals surface area contributed by atoms with E-state index in [2.05, 4.69) is 9.80 Å². The van der Waals surface area contributed by atoms with Crippen molar-refractivity contribution in [3.63, 3.8) is 0 Å². The molecular formula is C22H23Cl2N3OS. The van der Waals surface area contributed by atoms with E-state index in [0.717, 1.165) is 63.0 Å². The van der Waals surface area contributed by atoms with Crippen molar-refractivity contribution in [1.29, 1.82) is 0 Å². The van der Waals surface area contributed by atoms with Gasteiger partial charge in [-0.05, 0) is 61.6 Å². The van der Waals surface area contributed by atoms with Crippen LogP contribution in [0.4, 0.5) is 10.8 Å². The summed E-state index contributed by atoms with van der Waals surface area (Å²) in [6, 6.07) is 11.9. The minimum absolute atomic E-state index is 0.603. The topological polar surface area (TPSA) is 28.6 Å². The van der Waals surface area contributed by atoms with Crippen LogP contribution in [0.1, 0.15) is 13.3 Å². The highest BCUT2D eigenvalue weighted by atomic mass is 35.5. The zero-order valence-corrected chi connectivity index (χ0v) is 18.6. The predicted molar refractivity (Wildman–Crippen MR) is 123 cm³/mol. The van der Waals surface area contributed by atoms with Crippen LogP contribution in [0.5, 0.6) is 5.75 Å². The first-order chi connectivity index (χ1) is 14.1. The number of ether oxygens (including phenoxy) is 1. The third kappa shape index (κ3) is 3.88. The van der Waals surface area contributed by atoms with Crippen molar-refractivity contribution in [1.82, 2.24) is 4.98 Å². The quantitative estimate of drug-likeness (QED) is 0.492. The summed E-state index contributed by atoms with van der Waals surface area (Å²) in [7, 11) is 0. The maximum absolute atomic E-state index is 6.30. The molecule has 2 fully saturated rings. The Morgan fingerprint density at radius 1 is 1.00 bits per heavy atom. The fraction of sp³-hybridized carbons (Fsp3) is 0.409. The van der Waals surface area contributed by atoms with Crippen LogP contribution in [-0.4, -0.2) is 37.8 Å². The van der Waals surface area contributed by atoms with Gasteiger partial charge in [-0.15, -0.1) is 0 Å². The number of fused-ring (bicyclic) bond motifs is 3. The first kappa shape index (κ1) is 19.3. The van der Waals surface area contributed by atoms with Crippen LogP contribution >= 0.6 is 34.5 Å². The van der Waals surface area contributed by atoms with Gasteiger partial charge in [-0.2, -0.15) is 0 Å². The largest absolute Gasteiger partial charge is 0.492 e. The molecule has 3 heterocycles. The second-order valence-electron chi connectivity index (χ2n) is 7.93. The summed E-state index contributed by atoms with van der Waals surface area (Å²) < 4.78 is 7.03. The van der Waals surface area contributed by atoms with E-state index in [1.54, 1.807) is 11.3 Å². The van der Waals surface area contributed by atoms with Crippen LogP contribution in [0.25, 0.3) is 10.2 Å². The summed E-state index contributed by atoms with van der Waals surface area (Å²) in [5.41, 5.74) is 2.16. The average Bonchev–Trinajstić information content (AvgIpc) is 3.12. The van der Waals surface area contributed by atoms with Gasteiger partial charge in [0.2, 0.25) is 0 Å². The predicted octanol–water partition coefficient (Wildman–Crippen LogP) is 5.96. The number of anilines is 2. The molecule has 0 amide bonds. The second-order valence-corrected chi connectivity index (χ2v) is 9.81. The van der Waals surface area contributed by atoms with E-state index >= 15 is 0 Å². The smallest absolute Gasteiger partial charge is 0.186 e. The molecule has 2 aromatic carbocycles. The van der Waals surface area contributed by atoms with E-state index in [1.807, 2.05) is 43.3 Å². The maximum atomic E-state index is 6.30. The normalized spacial score (nSPS) is 21.6. The zero-order valence-electron chi connectivity index (χ0n) is 16.3. The summed E-state index contributed by atoms with van der Waals surface area (Å²) in [5.74, 6) is 2.13. The standard InChI is InChI=1S/C22H23Cl2N3OS/c1-2-28-20-6-4-16(23)8-19(20)26-10-14-7-15(11-26)13-27(12-14)22-25-18-5-3-17(24)9-21(18)29-22/h3-6,8-9,14-15H,2,7,10-13H2,1H3. The number of benzene rings is 2. The summed E-state index contributed by atoms with van der Waals surface area (Å²) in [6.07, 6.45) is 1.27. The van der Waals surface area contributed by atoms with E-state index in [4.69, 9.17) is 32.9 Å². The molecule has 5 rings (SSSR count). The van der Waals surface area contributed by atoms with Crippen LogP contribution in [-0.2, 0) is 0 Å². The first-order valence-electron chi connectivity index (χ1n) is 10.1. The number of hydrogen-bond acceptors (Lipinski definition) is 5. The minimum atomic E-state index is 0.603. The Kier molecular flexibility index (Phi) is 5.23. The van der Waals surface area contributed by atoms with Crippen molar-refractivity contribution in [3.8, 4) is 5.75 Å². The minimum Gasteiger partial charge on any atom is -0.492 e. The highest BCUT2D eigenvalue weighted by Crippen LogP contribution is 2.40. The van der Waals surface area contributed by atoms with Gasteiger partial charge in [0.25, 0.3) is 0 Å². The molecule has 4 nitrogen and oxygen atoms in total. The molecule has 2 aliphatic rings. The first-order valence-corrected chi connectivity index (χ1v) is 11.6. The molecule has 2 aliphatic heterocycles. The molecule has 3 aromatic rings. The van der Waals surface area contributed by atoms with Gasteiger partial charge >= 0.3 is 0 Å². The van der Waals surface area contributed by atoms with Gasteiger partial charge in [-0.25, -0.2) is 4.98 Å². The van der Waals surface area contributed by atoms with E-state index in [-0.39, 0.29) is 0 Å². The lowest BCUT2D eigenvalue weighted by atomic mass is 9.84. The third-order valence-corrected chi connectivity index (χ3v) is 7.30. The van der Waals surface area contributed by atoms with Crippen molar-refractivity contribution in [2.75, 3.05) is 42.6 Å². The molecule has 0 saturated carbocycles. The summed E-state index contributed by atoms with van der Waals surface area (Å²) in [4.78, 5) is 9.80. The molecule has 0 N–H and O–H groups in total. The fourth-order valence-electron chi connectivity index (χ4n) is 4.67. The van der Waals surface area contributed by atoms with Gasteiger partial charge < -0.3 is 14.5 Å². The number of nitrogens with zero attached hydrogens (tertiary/aromatic N) is 3. The Morgan fingerprint density at radius 3 is 2.45 bits per heavy atom. The number of thiazole rings is 1. The van der Waals surface area contributed by atoms with E-state index < -0.39 is 0 Å². The number of halogens is 2. The summed E-state index contributed by atoms with van der Waals surface area (Å²) >= 11 is 14.2. The van der Waals surface area contributed by atoms with Crippen molar-refractivity contribution in [3.05, 3.63) is 46.4 Å². The molecule has 2 bridgehead atoms. The number of aromatic nitrogens is 1. The van der Waals surface area contributed by atoms with E-state index in [9.17, 15) is 0 Å². The molecule has 0 aliphatic carbocycles. The molecule has 7 heteroatoms. The summed E-state index contributed by atoms with van der Waals surface area (Å²) in [5, 5.41) is 2.64. The van der Waals surface area contributed by atoms with Crippen LogP contribution in [0, 0.1) is 11.8 Å². The lowest BCUT2D eigenvalue weighted by Crippen LogP contribution is -2.53. The Morgan fingerprint density at radius 2 is 1.69 bits per heavy atom. The average molecular weight is 448 g/mol. The van der Waals surface area contributed by atoms with Gasteiger partial charge in [0.1, 0.15) is 5.75 Å². The SMILES string of the molecule is CCOc1ccc(Cl)cc1N1CC2CC(CN(c3nc4ccc(Cl)cc4s3)C2)C1. The lowest BCUT2D eigenvalue weighted by molar-refractivity contribution is 0.273. The Bertz CT molecular complexity index is 1030. The van der Waals surface area contributed by atoms with Crippen molar-refractivity contribution in [2.45, 2.75) is 13.3 Å². The monoisotopic (exact) mass is 447 g/mol. The van der Waals surface area contributed by atoms with Gasteiger partial charge in [-0.1, -0.05) is 34.5 Å². The number of hydrogen-bond donors (Lipinski definition) is 0. The van der Waals surface area contributed by atoms with Crippen molar-refractivity contribution >= 4 is 55.6 Å². The molecule has 1 aromatic heterocycles. The molecular weight excluding hydrogens is 425 g/mol.